The van der Waals surface area contributed by atoms with Crippen LogP contribution in [0.15, 0.2) is 49.4 Å². The molecular formula is C8H4Br2N2O6. The van der Waals surface area contributed by atoms with E-state index in [1.165, 1.54) is 0 Å². The Bertz CT molecular complexity index is 633. The predicted molar refractivity (Wildman–Crippen MR) is 66.6 cm³/mol. The minimum absolute atomic E-state index is 0.323. The zero-order chi connectivity index (χ0) is 13.7. The molecule has 0 aliphatic heterocycles. The highest BCUT2D eigenvalue weighted by atomic mass is 79.9. The lowest BCUT2D eigenvalue weighted by molar-refractivity contribution is 0.446. The van der Waals surface area contributed by atoms with Gasteiger partial charge in [0.1, 0.15) is 0 Å². The van der Waals surface area contributed by atoms with Crippen LogP contribution in [0.3, 0.4) is 0 Å². The molecule has 2 rings (SSSR count). The molecule has 10 heteroatoms. The SMILES string of the molecule is O=c1cc(Br)[nH]c(=O)o1.O=c1cc(Br)[nH]c(=O)o1. The first-order valence-corrected chi connectivity index (χ1v) is 5.75. The lowest BCUT2D eigenvalue weighted by Crippen LogP contribution is -2.12. The van der Waals surface area contributed by atoms with E-state index in [1.54, 1.807) is 0 Å². The third kappa shape index (κ3) is 5.10. The lowest BCUT2D eigenvalue weighted by atomic mass is 10.7. The molecule has 0 aromatic carbocycles. The number of hydrogen-bond donors (Lipinski definition) is 2. The van der Waals surface area contributed by atoms with Crippen LogP contribution in [0.5, 0.6) is 0 Å². The van der Waals surface area contributed by atoms with Gasteiger partial charge < -0.3 is 8.83 Å². The molecule has 96 valence electrons. The predicted octanol–water partition coefficient (Wildman–Crippen LogP) is 0.181. The van der Waals surface area contributed by atoms with E-state index in [0.717, 1.165) is 12.1 Å². The van der Waals surface area contributed by atoms with Gasteiger partial charge in [0.15, 0.2) is 0 Å². The van der Waals surface area contributed by atoms with E-state index in [1.807, 2.05) is 0 Å². The molecule has 0 unspecified atom stereocenters. The largest absolute Gasteiger partial charge is 0.420 e. The first-order chi connectivity index (χ1) is 8.36. The normalized spacial score (nSPS) is 9.44. The van der Waals surface area contributed by atoms with Crippen molar-refractivity contribution in [2.75, 3.05) is 0 Å². The maximum absolute atomic E-state index is 10.3. The Balaban J connectivity index is 0.000000180. The number of nitrogens with one attached hydrogen (secondary N) is 2. The maximum Gasteiger partial charge on any atom is 0.420 e. The molecule has 0 bridgehead atoms. The second-order valence-corrected chi connectivity index (χ2v) is 4.36. The second-order valence-electron chi connectivity index (χ2n) is 2.65. The Hall–Kier alpha value is -1.68. The van der Waals surface area contributed by atoms with E-state index in [9.17, 15) is 19.2 Å². The molecule has 0 saturated carbocycles. The quantitative estimate of drug-likeness (QED) is 0.668. The zero-order valence-electron chi connectivity index (χ0n) is 8.36. The van der Waals surface area contributed by atoms with Gasteiger partial charge in [-0.15, -0.1) is 0 Å². The first kappa shape index (κ1) is 14.4. The molecule has 0 fully saturated rings. The van der Waals surface area contributed by atoms with Gasteiger partial charge >= 0.3 is 22.8 Å². The molecule has 2 heterocycles. The van der Waals surface area contributed by atoms with Crippen LogP contribution < -0.4 is 22.8 Å². The molecule has 0 spiro atoms. The van der Waals surface area contributed by atoms with Gasteiger partial charge in [-0.2, -0.15) is 0 Å². The summed E-state index contributed by atoms with van der Waals surface area (Å²) in [5.74, 6) is -1.51. The molecule has 0 aliphatic rings. The van der Waals surface area contributed by atoms with Crippen LogP contribution in [-0.2, 0) is 0 Å². The third-order valence-electron chi connectivity index (χ3n) is 1.32. The summed E-state index contributed by atoms with van der Waals surface area (Å²) >= 11 is 5.79. The Morgan fingerprint density at radius 1 is 0.778 bits per heavy atom. The fourth-order valence-electron chi connectivity index (χ4n) is 0.767. The summed E-state index contributed by atoms with van der Waals surface area (Å²) < 4.78 is 8.77. The van der Waals surface area contributed by atoms with Crippen LogP contribution in [0.2, 0.25) is 0 Å². The standard InChI is InChI=1S/2C4H2BrNO3/c2*5-2-1-3(7)9-4(8)6-2/h2*1H,(H,6,8). The highest BCUT2D eigenvalue weighted by molar-refractivity contribution is 9.10. The van der Waals surface area contributed by atoms with Gasteiger partial charge in [0.2, 0.25) is 0 Å². The van der Waals surface area contributed by atoms with Gasteiger partial charge in [-0.1, -0.05) is 0 Å². The summed E-state index contributed by atoms with van der Waals surface area (Å²) in [6.07, 6.45) is 0. The van der Waals surface area contributed by atoms with Crippen molar-refractivity contribution < 1.29 is 8.83 Å². The van der Waals surface area contributed by atoms with Gasteiger partial charge in [-0.3, -0.25) is 9.97 Å². The summed E-state index contributed by atoms with van der Waals surface area (Å²) in [6, 6.07) is 2.25. The number of aromatic amines is 2. The summed E-state index contributed by atoms with van der Waals surface area (Å²) in [5.41, 5.74) is -1.32. The minimum Gasteiger partial charge on any atom is -0.373 e. The molecule has 18 heavy (non-hydrogen) atoms. The van der Waals surface area contributed by atoms with E-state index >= 15 is 0 Å². The van der Waals surface area contributed by atoms with Gasteiger partial charge in [0, 0.05) is 0 Å². The fraction of sp³-hybridized carbons (Fsp3) is 0. The fourth-order valence-corrected chi connectivity index (χ4v) is 1.46. The average Bonchev–Trinajstić information content (AvgIpc) is 2.12. The van der Waals surface area contributed by atoms with Crippen LogP contribution in [0.25, 0.3) is 0 Å². The highest BCUT2D eigenvalue weighted by Crippen LogP contribution is 1.95. The number of rotatable bonds is 0. The molecule has 0 radical (unpaired) electrons. The molecule has 2 aromatic rings. The van der Waals surface area contributed by atoms with E-state index in [0.29, 0.717) is 9.21 Å². The van der Waals surface area contributed by atoms with Crippen molar-refractivity contribution in [1.29, 1.82) is 0 Å². The van der Waals surface area contributed by atoms with Crippen molar-refractivity contribution in [3.63, 3.8) is 0 Å². The van der Waals surface area contributed by atoms with Crippen LogP contribution in [0.4, 0.5) is 0 Å². The van der Waals surface area contributed by atoms with Crippen molar-refractivity contribution in [2.24, 2.45) is 0 Å². The summed E-state index contributed by atoms with van der Waals surface area (Å²) in [5, 5.41) is 0. The Morgan fingerprint density at radius 3 is 1.33 bits per heavy atom. The highest BCUT2D eigenvalue weighted by Gasteiger charge is 1.91. The van der Waals surface area contributed by atoms with Crippen LogP contribution in [0, 0.1) is 0 Å². The molecule has 0 aliphatic carbocycles. The van der Waals surface area contributed by atoms with E-state index in [-0.39, 0.29) is 0 Å². The molecule has 8 nitrogen and oxygen atoms in total. The molecule has 0 amide bonds. The van der Waals surface area contributed by atoms with Crippen molar-refractivity contribution >= 4 is 31.9 Å². The number of aromatic nitrogens is 2. The molecular weight excluding hydrogens is 380 g/mol. The lowest BCUT2D eigenvalue weighted by Gasteiger charge is -1.82. The van der Waals surface area contributed by atoms with Gasteiger partial charge in [0.05, 0.1) is 21.3 Å². The van der Waals surface area contributed by atoms with E-state index in [4.69, 9.17) is 0 Å². The molecule has 2 N–H and O–H groups in total. The van der Waals surface area contributed by atoms with Crippen LogP contribution in [-0.4, -0.2) is 9.97 Å². The Kier molecular flexibility index (Phi) is 5.04. The zero-order valence-corrected chi connectivity index (χ0v) is 11.5. The number of H-pyrrole nitrogens is 2. The van der Waals surface area contributed by atoms with E-state index in [2.05, 4.69) is 50.7 Å². The monoisotopic (exact) mass is 382 g/mol. The van der Waals surface area contributed by atoms with Crippen molar-refractivity contribution in [3.05, 3.63) is 63.3 Å². The minimum atomic E-state index is -0.755. The number of hydrogen-bond acceptors (Lipinski definition) is 6. The first-order valence-electron chi connectivity index (χ1n) is 4.17. The second kappa shape index (κ2) is 6.31. The summed E-state index contributed by atoms with van der Waals surface area (Å²) in [6.45, 7) is 0. The smallest absolute Gasteiger partial charge is 0.373 e. The molecule has 2 aromatic heterocycles. The van der Waals surface area contributed by atoms with Crippen LogP contribution >= 0.6 is 31.9 Å². The molecule has 0 saturated heterocycles. The topological polar surface area (TPSA) is 126 Å². The Morgan fingerprint density at radius 2 is 1.11 bits per heavy atom. The third-order valence-corrected chi connectivity index (χ3v) is 2.17. The van der Waals surface area contributed by atoms with Gasteiger partial charge in [-0.25, -0.2) is 19.2 Å². The van der Waals surface area contributed by atoms with Crippen molar-refractivity contribution in [2.45, 2.75) is 0 Å². The van der Waals surface area contributed by atoms with Crippen LogP contribution in [0.1, 0.15) is 0 Å². The molecule has 0 atom stereocenters. The maximum atomic E-state index is 10.3. The van der Waals surface area contributed by atoms with Gasteiger partial charge in [-0.05, 0) is 31.9 Å². The van der Waals surface area contributed by atoms with E-state index < -0.39 is 22.8 Å². The van der Waals surface area contributed by atoms with Gasteiger partial charge in [0.25, 0.3) is 0 Å². The Labute approximate surface area is 114 Å². The summed E-state index contributed by atoms with van der Waals surface area (Å²) in [7, 11) is 0. The van der Waals surface area contributed by atoms with Crippen molar-refractivity contribution in [1.82, 2.24) is 9.97 Å². The summed E-state index contributed by atoms with van der Waals surface area (Å²) in [4.78, 5) is 45.5. The average molecular weight is 384 g/mol. The number of halogens is 2. The van der Waals surface area contributed by atoms with Crippen molar-refractivity contribution in [3.8, 4) is 0 Å².